The van der Waals surface area contributed by atoms with Gasteiger partial charge in [0.25, 0.3) is 0 Å². The molecule has 0 saturated carbocycles. The van der Waals surface area contributed by atoms with Gasteiger partial charge in [-0.1, -0.05) is 33.6 Å². The number of hydrogen-bond acceptors (Lipinski definition) is 2. The lowest BCUT2D eigenvalue weighted by Crippen LogP contribution is -2.35. The normalized spacial score (nSPS) is 16.4. The molecule has 0 saturated heterocycles. The van der Waals surface area contributed by atoms with E-state index in [1.165, 1.54) is 19.3 Å². The van der Waals surface area contributed by atoms with Crippen molar-refractivity contribution >= 4 is 0 Å². The van der Waals surface area contributed by atoms with Crippen molar-refractivity contribution in [2.75, 3.05) is 0 Å². The molecular formula is C9H22N2. The van der Waals surface area contributed by atoms with Crippen molar-refractivity contribution in [3.8, 4) is 0 Å². The smallest absolute Gasteiger partial charge is 0.0210 e. The van der Waals surface area contributed by atoms with Crippen LogP contribution in [0.4, 0.5) is 0 Å². The van der Waals surface area contributed by atoms with Crippen LogP contribution in [0.3, 0.4) is 0 Å². The standard InChI is InChI=1S/C9H22N2/c1-4-6-8(3)7-9(5-2)11-10/h8-9,11H,4-7,10H2,1-3H3. The van der Waals surface area contributed by atoms with Crippen LogP contribution in [0.15, 0.2) is 0 Å². The van der Waals surface area contributed by atoms with Crippen molar-refractivity contribution in [3.63, 3.8) is 0 Å². The first-order valence-corrected chi connectivity index (χ1v) is 4.70. The average molecular weight is 158 g/mol. The third kappa shape index (κ3) is 5.22. The van der Waals surface area contributed by atoms with Crippen LogP contribution < -0.4 is 11.3 Å². The summed E-state index contributed by atoms with van der Waals surface area (Å²) < 4.78 is 0. The summed E-state index contributed by atoms with van der Waals surface area (Å²) in [5.74, 6) is 6.18. The maximum Gasteiger partial charge on any atom is 0.0210 e. The second-order valence-electron chi connectivity index (χ2n) is 3.40. The Labute approximate surface area is 70.5 Å². The summed E-state index contributed by atoms with van der Waals surface area (Å²) in [5.41, 5.74) is 2.84. The minimum absolute atomic E-state index is 0.511. The summed E-state index contributed by atoms with van der Waals surface area (Å²) in [6.07, 6.45) is 4.94. The van der Waals surface area contributed by atoms with Gasteiger partial charge in [0.1, 0.15) is 0 Å². The number of hydrazine groups is 1. The first-order chi connectivity index (χ1) is 5.24. The molecule has 68 valence electrons. The summed E-state index contributed by atoms with van der Waals surface area (Å²) in [5, 5.41) is 0. The molecule has 0 bridgehead atoms. The van der Waals surface area contributed by atoms with Crippen LogP contribution in [0.1, 0.15) is 46.5 Å². The van der Waals surface area contributed by atoms with Crippen LogP contribution in [0, 0.1) is 5.92 Å². The quantitative estimate of drug-likeness (QED) is 0.458. The highest BCUT2D eigenvalue weighted by atomic mass is 15.2. The third-order valence-corrected chi connectivity index (χ3v) is 2.20. The molecule has 0 fully saturated rings. The maximum absolute atomic E-state index is 5.38. The Bertz CT molecular complexity index is 79.6. The minimum Gasteiger partial charge on any atom is -0.271 e. The van der Waals surface area contributed by atoms with Crippen LogP contribution >= 0.6 is 0 Å². The Morgan fingerprint density at radius 3 is 2.36 bits per heavy atom. The van der Waals surface area contributed by atoms with Crippen LogP contribution in [-0.2, 0) is 0 Å². The molecule has 2 atom stereocenters. The van der Waals surface area contributed by atoms with E-state index in [-0.39, 0.29) is 0 Å². The van der Waals surface area contributed by atoms with E-state index >= 15 is 0 Å². The van der Waals surface area contributed by atoms with Crippen molar-refractivity contribution in [1.29, 1.82) is 0 Å². The molecule has 0 heterocycles. The highest BCUT2D eigenvalue weighted by molar-refractivity contribution is 4.65. The molecule has 0 aliphatic heterocycles. The van der Waals surface area contributed by atoms with Gasteiger partial charge >= 0.3 is 0 Å². The Balaban J connectivity index is 3.44. The lowest BCUT2D eigenvalue weighted by molar-refractivity contribution is 0.379. The van der Waals surface area contributed by atoms with Gasteiger partial charge in [0.2, 0.25) is 0 Å². The molecule has 0 aromatic carbocycles. The van der Waals surface area contributed by atoms with E-state index in [2.05, 4.69) is 26.2 Å². The number of nitrogens with one attached hydrogen (secondary N) is 1. The van der Waals surface area contributed by atoms with Crippen molar-refractivity contribution in [2.24, 2.45) is 11.8 Å². The Hall–Kier alpha value is -0.0800. The second-order valence-corrected chi connectivity index (χ2v) is 3.40. The molecule has 0 spiro atoms. The second kappa shape index (κ2) is 6.62. The molecule has 0 rings (SSSR count). The zero-order valence-electron chi connectivity index (χ0n) is 8.06. The fraction of sp³-hybridized carbons (Fsp3) is 1.00. The monoisotopic (exact) mass is 158 g/mol. The molecular weight excluding hydrogens is 136 g/mol. The molecule has 0 aliphatic carbocycles. The van der Waals surface area contributed by atoms with Gasteiger partial charge in [-0.05, 0) is 18.8 Å². The zero-order valence-corrected chi connectivity index (χ0v) is 8.06. The third-order valence-electron chi connectivity index (χ3n) is 2.20. The van der Waals surface area contributed by atoms with E-state index < -0.39 is 0 Å². The van der Waals surface area contributed by atoms with Crippen molar-refractivity contribution in [3.05, 3.63) is 0 Å². The van der Waals surface area contributed by atoms with Crippen molar-refractivity contribution < 1.29 is 0 Å². The number of rotatable bonds is 6. The molecule has 2 heteroatoms. The average Bonchev–Trinajstić information content (AvgIpc) is 2.01. The van der Waals surface area contributed by atoms with Crippen LogP contribution in [0.5, 0.6) is 0 Å². The summed E-state index contributed by atoms with van der Waals surface area (Å²) in [4.78, 5) is 0. The van der Waals surface area contributed by atoms with Gasteiger partial charge in [-0.15, -0.1) is 0 Å². The molecule has 0 radical (unpaired) electrons. The Morgan fingerprint density at radius 1 is 1.36 bits per heavy atom. The fourth-order valence-electron chi connectivity index (χ4n) is 1.45. The van der Waals surface area contributed by atoms with E-state index in [0.29, 0.717) is 6.04 Å². The van der Waals surface area contributed by atoms with E-state index in [0.717, 1.165) is 12.3 Å². The van der Waals surface area contributed by atoms with Gasteiger partial charge in [0.05, 0.1) is 0 Å². The molecule has 2 unspecified atom stereocenters. The van der Waals surface area contributed by atoms with Crippen LogP contribution in [0.2, 0.25) is 0 Å². The van der Waals surface area contributed by atoms with Gasteiger partial charge in [-0.25, -0.2) is 0 Å². The van der Waals surface area contributed by atoms with E-state index in [9.17, 15) is 0 Å². The topological polar surface area (TPSA) is 38.0 Å². The Kier molecular flexibility index (Phi) is 6.57. The number of nitrogens with two attached hydrogens (primary N) is 1. The lowest BCUT2D eigenvalue weighted by atomic mass is 9.96. The SMILES string of the molecule is CCCC(C)CC(CC)NN. The van der Waals surface area contributed by atoms with Gasteiger partial charge < -0.3 is 0 Å². The summed E-state index contributed by atoms with van der Waals surface area (Å²) in [7, 11) is 0. The van der Waals surface area contributed by atoms with Gasteiger partial charge in [0, 0.05) is 6.04 Å². The summed E-state index contributed by atoms with van der Waals surface area (Å²) in [6, 6.07) is 0.511. The highest BCUT2D eigenvalue weighted by Gasteiger charge is 2.08. The van der Waals surface area contributed by atoms with Crippen LogP contribution in [0.25, 0.3) is 0 Å². The number of hydrogen-bond donors (Lipinski definition) is 2. The Morgan fingerprint density at radius 2 is 2.00 bits per heavy atom. The molecule has 0 aliphatic rings. The van der Waals surface area contributed by atoms with Crippen LogP contribution in [-0.4, -0.2) is 6.04 Å². The maximum atomic E-state index is 5.38. The molecule has 0 aromatic rings. The minimum atomic E-state index is 0.511. The van der Waals surface area contributed by atoms with E-state index in [1.54, 1.807) is 0 Å². The summed E-state index contributed by atoms with van der Waals surface area (Å²) in [6.45, 7) is 6.69. The molecule has 3 N–H and O–H groups in total. The van der Waals surface area contributed by atoms with Gasteiger partial charge in [-0.2, -0.15) is 0 Å². The van der Waals surface area contributed by atoms with E-state index in [4.69, 9.17) is 5.84 Å². The predicted octanol–water partition coefficient (Wildman–Crippen LogP) is 2.05. The first kappa shape index (κ1) is 10.9. The van der Waals surface area contributed by atoms with E-state index in [1.807, 2.05) is 0 Å². The molecule has 0 aromatic heterocycles. The molecule has 0 amide bonds. The largest absolute Gasteiger partial charge is 0.271 e. The van der Waals surface area contributed by atoms with Crippen molar-refractivity contribution in [2.45, 2.75) is 52.5 Å². The highest BCUT2D eigenvalue weighted by Crippen LogP contribution is 2.13. The fourth-order valence-corrected chi connectivity index (χ4v) is 1.45. The lowest BCUT2D eigenvalue weighted by Gasteiger charge is -2.17. The zero-order chi connectivity index (χ0) is 8.69. The molecule has 2 nitrogen and oxygen atoms in total. The predicted molar refractivity (Wildman–Crippen MR) is 50.1 cm³/mol. The first-order valence-electron chi connectivity index (χ1n) is 4.70. The van der Waals surface area contributed by atoms with Gasteiger partial charge in [-0.3, -0.25) is 11.3 Å². The van der Waals surface area contributed by atoms with Gasteiger partial charge in [0.15, 0.2) is 0 Å². The van der Waals surface area contributed by atoms with Crippen molar-refractivity contribution in [1.82, 2.24) is 5.43 Å². The summed E-state index contributed by atoms with van der Waals surface area (Å²) >= 11 is 0. The molecule has 11 heavy (non-hydrogen) atoms.